The molecule has 5 nitrogen and oxygen atoms in total. The van der Waals surface area contributed by atoms with E-state index in [0.29, 0.717) is 24.9 Å². The highest BCUT2D eigenvalue weighted by atomic mass is 16.5. The standard InChI is InChI=1S/C20H21N3O2/c24-19(17-9-10-17)20-21-14-23(22-20)12-16-7-4-8-18(11-16)25-13-15-5-2-1-3-6-15/h1-8,11,14,17,19,24H,9-10,12-13H2. The molecule has 0 bridgehead atoms. The number of ether oxygens (including phenoxy) is 1. The van der Waals surface area contributed by atoms with Crippen molar-refractivity contribution in [2.24, 2.45) is 5.92 Å². The molecule has 1 aromatic heterocycles. The fourth-order valence-corrected chi connectivity index (χ4v) is 2.81. The lowest BCUT2D eigenvalue weighted by Crippen LogP contribution is -2.05. The third kappa shape index (κ3) is 4.06. The molecule has 0 radical (unpaired) electrons. The average Bonchev–Trinajstić information content (AvgIpc) is 3.40. The monoisotopic (exact) mass is 335 g/mol. The van der Waals surface area contributed by atoms with Gasteiger partial charge < -0.3 is 9.84 Å². The fourth-order valence-electron chi connectivity index (χ4n) is 2.81. The van der Waals surface area contributed by atoms with E-state index in [1.807, 2.05) is 54.6 Å². The lowest BCUT2D eigenvalue weighted by molar-refractivity contribution is 0.144. The Kier molecular flexibility index (Phi) is 4.48. The SMILES string of the molecule is OC(c1ncn(Cc2cccc(OCc3ccccc3)c2)n1)C1CC1. The van der Waals surface area contributed by atoms with E-state index in [4.69, 9.17) is 4.74 Å². The molecule has 1 heterocycles. The van der Waals surface area contributed by atoms with Crippen molar-refractivity contribution in [2.75, 3.05) is 0 Å². The van der Waals surface area contributed by atoms with E-state index in [2.05, 4.69) is 10.1 Å². The van der Waals surface area contributed by atoms with Crippen LogP contribution in [0.1, 0.15) is 35.9 Å². The third-order valence-electron chi connectivity index (χ3n) is 4.38. The van der Waals surface area contributed by atoms with E-state index in [0.717, 1.165) is 29.7 Å². The normalized spacial score (nSPS) is 15.1. The molecule has 0 aliphatic heterocycles. The first-order valence-electron chi connectivity index (χ1n) is 8.61. The van der Waals surface area contributed by atoms with Gasteiger partial charge in [-0.2, -0.15) is 5.10 Å². The Morgan fingerprint density at radius 2 is 1.88 bits per heavy atom. The van der Waals surface area contributed by atoms with Crippen LogP contribution in [0.15, 0.2) is 60.9 Å². The van der Waals surface area contributed by atoms with Crippen molar-refractivity contribution in [1.29, 1.82) is 0 Å². The van der Waals surface area contributed by atoms with Crippen LogP contribution in [0, 0.1) is 5.92 Å². The van der Waals surface area contributed by atoms with Gasteiger partial charge in [-0.15, -0.1) is 0 Å². The molecule has 25 heavy (non-hydrogen) atoms. The highest BCUT2D eigenvalue weighted by Crippen LogP contribution is 2.39. The molecule has 1 aliphatic rings. The molecule has 1 saturated carbocycles. The molecule has 128 valence electrons. The van der Waals surface area contributed by atoms with Gasteiger partial charge in [0.25, 0.3) is 0 Å². The minimum absolute atomic E-state index is 0.338. The maximum Gasteiger partial charge on any atom is 0.179 e. The van der Waals surface area contributed by atoms with Gasteiger partial charge in [0.2, 0.25) is 0 Å². The zero-order valence-corrected chi connectivity index (χ0v) is 14.0. The molecule has 5 heteroatoms. The number of aliphatic hydroxyl groups is 1. The molecule has 0 spiro atoms. The Labute approximate surface area is 146 Å². The van der Waals surface area contributed by atoms with E-state index in [1.165, 1.54) is 0 Å². The minimum atomic E-state index is -0.526. The average molecular weight is 335 g/mol. The summed E-state index contributed by atoms with van der Waals surface area (Å²) >= 11 is 0. The van der Waals surface area contributed by atoms with E-state index < -0.39 is 6.10 Å². The van der Waals surface area contributed by atoms with Crippen LogP contribution < -0.4 is 4.74 Å². The molecule has 2 aromatic carbocycles. The number of aromatic nitrogens is 3. The summed E-state index contributed by atoms with van der Waals surface area (Å²) in [5.74, 6) is 1.70. The quantitative estimate of drug-likeness (QED) is 0.719. The number of rotatable bonds is 7. The number of benzene rings is 2. The Morgan fingerprint density at radius 3 is 2.68 bits per heavy atom. The number of nitrogens with zero attached hydrogens (tertiary/aromatic N) is 3. The van der Waals surface area contributed by atoms with Crippen LogP contribution in [0.5, 0.6) is 5.75 Å². The van der Waals surface area contributed by atoms with Gasteiger partial charge in [0.1, 0.15) is 24.8 Å². The summed E-state index contributed by atoms with van der Waals surface area (Å²) in [5.41, 5.74) is 2.23. The van der Waals surface area contributed by atoms with Gasteiger partial charge in [-0.25, -0.2) is 9.67 Å². The summed E-state index contributed by atoms with van der Waals surface area (Å²) in [6.45, 7) is 1.15. The Bertz CT molecular complexity index is 828. The predicted octanol–water partition coefficient (Wildman–Crippen LogP) is 3.35. The van der Waals surface area contributed by atoms with Crippen LogP contribution in [0.4, 0.5) is 0 Å². The topological polar surface area (TPSA) is 60.2 Å². The van der Waals surface area contributed by atoms with Crippen molar-refractivity contribution in [1.82, 2.24) is 14.8 Å². The van der Waals surface area contributed by atoms with Crippen LogP contribution >= 0.6 is 0 Å². The number of aliphatic hydroxyl groups excluding tert-OH is 1. The maximum atomic E-state index is 10.1. The highest BCUT2D eigenvalue weighted by Gasteiger charge is 2.33. The molecule has 1 aliphatic carbocycles. The van der Waals surface area contributed by atoms with Crippen LogP contribution in [-0.4, -0.2) is 19.9 Å². The van der Waals surface area contributed by atoms with E-state index in [1.54, 1.807) is 11.0 Å². The summed E-state index contributed by atoms with van der Waals surface area (Å²) in [6.07, 6.45) is 3.28. The zero-order chi connectivity index (χ0) is 17.1. The minimum Gasteiger partial charge on any atom is -0.489 e. The molecule has 0 saturated heterocycles. The number of hydrogen-bond acceptors (Lipinski definition) is 4. The van der Waals surface area contributed by atoms with Gasteiger partial charge in [-0.05, 0) is 42.0 Å². The van der Waals surface area contributed by atoms with Crippen molar-refractivity contribution < 1.29 is 9.84 Å². The Balaban J connectivity index is 1.39. The van der Waals surface area contributed by atoms with Gasteiger partial charge >= 0.3 is 0 Å². The second-order valence-electron chi connectivity index (χ2n) is 6.50. The molecule has 3 aromatic rings. The van der Waals surface area contributed by atoms with Crippen LogP contribution in [0.25, 0.3) is 0 Å². The molecule has 1 unspecified atom stereocenters. The third-order valence-corrected chi connectivity index (χ3v) is 4.38. The lowest BCUT2D eigenvalue weighted by Gasteiger charge is -2.08. The second-order valence-corrected chi connectivity index (χ2v) is 6.50. The van der Waals surface area contributed by atoms with Crippen LogP contribution in [0.2, 0.25) is 0 Å². The molecule has 4 rings (SSSR count). The highest BCUT2D eigenvalue weighted by molar-refractivity contribution is 5.29. The first-order chi connectivity index (χ1) is 12.3. The first-order valence-corrected chi connectivity index (χ1v) is 8.61. The van der Waals surface area contributed by atoms with Crippen molar-refractivity contribution >= 4 is 0 Å². The van der Waals surface area contributed by atoms with E-state index in [9.17, 15) is 5.11 Å². The first kappa shape index (κ1) is 15.8. The number of hydrogen-bond donors (Lipinski definition) is 1. The Morgan fingerprint density at radius 1 is 1.08 bits per heavy atom. The molecule has 1 N–H and O–H groups in total. The van der Waals surface area contributed by atoms with E-state index in [-0.39, 0.29) is 0 Å². The summed E-state index contributed by atoms with van der Waals surface area (Å²) in [7, 11) is 0. The van der Waals surface area contributed by atoms with Crippen molar-refractivity contribution in [3.8, 4) is 5.75 Å². The van der Waals surface area contributed by atoms with Crippen LogP contribution in [0.3, 0.4) is 0 Å². The predicted molar refractivity (Wildman–Crippen MR) is 94.0 cm³/mol. The zero-order valence-electron chi connectivity index (χ0n) is 14.0. The second kappa shape index (κ2) is 7.07. The largest absolute Gasteiger partial charge is 0.489 e. The van der Waals surface area contributed by atoms with E-state index >= 15 is 0 Å². The van der Waals surface area contributed by atoms with Crippen molar-refractivity contribution in [3.05, 3.63) is 77.9 Å². The van der Waals surface area contributed by atoms with Crippen molar-refractivity contribution in [2.45, 2.75) is 32.1 Å². The summed E-state index contributed by atoms with van der Waals surface area (Å²) in [4.78, 5) is 4.24. The van der Waals surface area contributed by atoms with Gasteiger partial charge in [0.05, 0.1) is 6.54 Å². The smallest absolute Gasteiger partial charge is 0.179 e. The summed E-state index contributed by atoms with van der Waals surface area (Å²) in [5, 5.41) is 14.5. The van der Waals surface area contributed by atoms with Gasteiger partial charge in [0, 0.05) is 0 Å². The van der Waals surface area contributed by atoms with Gasteiger partial charge in [-0.1, -0.05) is 42.5 Å². The molecule has 0 amide bonds. The molecular weight excluding hydrogens is 314 g/mol. The molecule has 1 fully saturated rings. The molecular formula is C20H21N3O2. The lowest BCUT2D eigenvalue weighted by atomic mass is 10.2. The summed E-state index contributed by atoms with van der Waals surface area (Å²) < 4.78 is 7.63. The van der Waals surface area contributed by atoms with Crippen molar-refractivity contribution in [3.63, 3.8) is 0 Å². The summed E-state index contributed by atoms with van der Waals surface area (Å²) in [6, 6.07) is 18.1. The molecule has 1 atom stereocenters. The van der Waals surface area contributed by atoms with Gasteiger partial charge in [0.15, 0.2) is 5.82 Å². The maximum absolute atomic E-state index is 10.1. The van der Waals surface area contributed by atoms with Gasteiger partial charge in [-0.3, -0.25) is 0 Å². The van der Waals surface area contributed by atoms with Crippen LogP contribution in [-0.2, 0) is 13.2 Å². The fraction of sp³-hybridized carbons (Fsp3) is 0.300. The Hall–Kier alpha value is -2.66.